The Morgan fingerprint density at radius 1 is 1.21 bits per heavy atom. The van der Waals surface area contributed by atoms with Crippen molar-refractivity contribution in [2.24, 2.45) is 0 Å². The molecule has 0 heterocycles. The summed E-state index contributed by atoms with van der Waals surface area (Å²) in [5.74, 6) is 0.193. The van der Waals surface area contributed by atoms with Gasteiger partial charge in [0, 0.05) is 22.7 Å². The monoisotopic (exact) mass is 295 g/mol. The number of hydrogen-bond acceptors (Lipinski definition) is 2. The molecule has 1 aromatic rings. The van der Waals surface area contributed by atoms with Crippen molar-refractivity contribution >= 4 is 11.6 Å². The van der Waals surface area contributed by atoms with Crippen LogP contribution in [0.25, 0.3) is 0 Å². The van der Waals surface area contributed by atoms with Gasteiger partial charge in [0.05, 0.1) is 0 Å². The van der Waals surface area contributed by atoms with Crippen LogP contribution < -0.4 is 10.1 Å². The van der Waals surface area contributed by atoms with E-state index in [0.717, 1.165) is 0 Å². The van der Waals surface area contributed by atoms with E-state index in [9.17, 15) is 13.2 Å². The smallest absolute Gasteiger partial charge is 0.422 e. The summed E-state index contributed by atoms with van der Waals surface area (Å²) in [4.78, 5) is 0. The van der Waals surface area contributed by atoms with E-state index in [4.69, 9.17) is 16.3 Å². The molecule has 0 radical (unpaired) electrons. The molecule has 6 heteroatoms. The number of rotatable bonds is 4. The van der Waals surface area contributed by atoms with Crippen LogP contribution in [0, 0.1) is 0 Å². The highest BCUT2D eigenvalue weighted by Gasteiger charge is 2.28. The largest absolute Gasteiger partial charge is 0.484 e. The van der Waals surface area contributed by atoms with Crippen molar-refractivity contribution in [2.45, 2.75) is 39.0 Å². The van der Waals surface area contributed by atoms with Gasteiger partial charge in [0.25, 0.3) is 0 Å². The topological polar surface area (TPSA) is 21.3 Å². The van der Waals surface area contributed by atoms with Crippen molar-refractivity contribution in [3.05, 3.63) is 28.8 Å². The third kappa shape index (κ3) is 6.68. The summed E-state index contributed by atoms with van der Waals surface area (Å²) in [6, 6.07) is 4.56. The molecule has 0 unspecified atom stereocenters. The van der Waals surface area contributed by atoms with Gasteiger partial charge in [-0.1, -0.05) is 11.6 Å². The van der Waals surface area contributed by atoms with Gasteiger partial charge in [-0.15, -0.1) is 0 Å². The standard InChI is InChI=1S/C13H17ClF3NO/c1-12(2,3)18-7-9-6-10(14)4-5-11(9)19-8-13(15,16)17/h4-6,18H,7-8H2,1-3H3. The summed E-state index contributed by atoms with van der Waals surface area (Å²) in [6.07, 6.45) is -4.35. The van der Waals surface area contributed by atoms with Crippen molar-refractivity contribution in [1.82, 2.24) is 5.32 Å². The van der Waals surface area contributed by atoms with E-state index in [1.165, 1.54) is 12.1 Å². The first-order valence-electron chi connectivity index (χ1n) is 5.80. The van der Waals surface area contributed by atoms with Crippen LogP contribution in [-0.4, -0.2) is 18.3 Å². The fourth-order valence-electron chi connectivity index (χ4n) is 1.35. The van der Waals surface area contributed by atoms with Gasteiger partial charge < -0.3 is 10.1 Å². The molecule has 1 aromatic carbocycles. The van der Waals surface area contributed by atoms with E-state index < -0.39 is 12.8 Å². The second-order valence-corrected chi connectivity index (χ2v) is 5.70. The zero-order chi connectivity index (χ0) is 14.7. The van der Waals surface area contributed by atoms with Crippen LogP contribution in [0.5, 0.6) is 5.75 Å². The number of benzene rings is 1. The second-order valence-electron chi connectivity index (χ2n) is 5.26. The maximum atomic E-state index is 12.2. The van der Waals surface area contributed by atoms with E-state index in [2.05, 4.69) is 5.32 Å². The minimum atomic E-state index is -4.35. The lowest BCUT2D eigenvalue weighted by molar-refractivity contribution is -0.153. The fourth-order valence-corrected chi connectivity index (χ4v) is 1.54. The lowest BCUT2D eigenvalue weighted by Crippen LogP contribution is -2.35. The Kier molecular flexibility index (Phi) is 5.10. The lowest BCUT2D eigenvalue weighted by atomic mass is 10.1. The molecule has 108 valence electrons. The van der Waals surface area contributed by atoms with Crippen molar-refractivity contribution in [3.8, 4) is 5.75 Å². The quantitative estimate of drug-likeness (QED) is 0.900. The third-order valence-electron chi connectivity index (χ3n) is 2.22. The molecule has 0 aromatic heterocycles. The van der Waals surface area contributed by atoms with Gasteiger partial charge in [-0.3, -0.25) is 0 Å². The van der Waals surface area contributed by atoms with E-state index in [1.54, 1.807) is 6.07 Å². The zero-order valence-corrected chi connectivity index (χ0v) is 11.8. The lowest BCUT2D eigenvalue weighted by Gasteiger charge is -2.22. The van der Waals surface area contributed by atoms with Gasteiger partial charge in [0.1, 0.15) is 5.75 Å². The number of hydrogen-bond donors (Lipinski definition) is 1. The summed E-state index contributed by atoms with van der Waals surface area (Å²) < 4.78 is 41.3. The molecule has 0 atom stereocenters. The SMILES string of the molecule is CC(C)(C)NCc1cc(Cl)ccc1OCC(F)(F)F. The first-order chi connectivity index (χ1) is 8.57. The van der Waals surface area contributed by atoms with E-state index in [1.807, 2.05) is 20.8 Å². The molecule has 0 aliphatic heterocycles. The van der Waals surface area contributed by atoms with Crippen molar-refractivity contribution in [2.75, 3.05) is 6.61 Å². The summed E-state index contributed by atoms with van der Waals surface area (Å²) in [7, 11) is 0. The van der Waals surface area contributed by atoms with Gasteiger partial charge in [0.15, 0.2) is 6.61 Å². The molecule has 0 fully saturated rings. The van der Waals surface area contributed by atoms with Crippen LogP contribution in [0.1, 0.15) is 26.3 Å². The molecule has 2 nitrogen and oxygen atoms in total. The molecule has 19 heavy (non-hydrogen) atoms. The van der Waals surface area contributed by atoms with Crippen LogP contribution in [0.2, 0.25) is 5.02 Å². The van der Waals surface area contributed by atoms with Crippen molar-refractivity contribution in [1.29, 1.82) is 0 Å². The van der Waals surface area contributed by atoms with Gasteiger partial charge in [0.2, 0.25) is 0 Å². The molecular formula is C13H17ClF3NO. The van der Waals surface area contributed by atoms with Crippen LogP contribution in [0.15, 0.2) is 18.2 Å². The summed E-state index contributed by atoms with van der Waals surface area (Å²) in [5.41, 5.74) is 0.454. The Morgan fingerprint density at radius 2 is 1.84 bits per heavy atom. The molecule has 0 aliphatic rings. The number of halogens is 4. The highest BCUT2D eigenvalue weighted by molar-refractivity contribution is 6.30. The zero-order valence-electron chi connectivity index (χ0n) is 11.1. The summed E-state index contributed by atoms with van der Waals surface area (Å²) in [6.45, 7) is 4.98. The molecule has 0 saturated heterocycles. The van der Waals surface area contributed by atoms with Gasteiger partial charge in [-0.25, -0.2) is 0 Å². The van der Waals surface area contributed by atoms with Crippen LogP contribution in [0.4, 0.5) is 13.2 Å². The van der Waals surface area contributed by atoms with Crippen LogP contribution in [0.3, 0.4) is 0 Å². The average molecular weight is 296 g/mol. The third-order valence-corrected chi connectivity index (χ3v) is 2.46. The predicted octanol–water partition coefficient (Wildman–Crippen LogP) is 4.17. The van der Waals surface area contributed by atoms with Crippen LogP contribution in [-0.2, 0) is 6.54 Å². The van der Waals surface area contributed by atoms with Crippen molar-refractivity contribution in [3.63, 3.8) is 0 Å². The van der Waals surface area contributed by atoms with Gasteiger partial charge >= 0.3 is 6.18 Å². The summed E-state index contributed by atoms with van der Waals surface area (Å²) in [5, 5.41) is 3.65. The molecule has 0 amide bonds. The van der Waals surface area contributed by atoms with Gasteiger partial charge in [-0.2, -0.15) is 13.2 Å². The van der Waals surface area contributed by atoms with E-state index in [0.29, 0.717) is 17.1 Å². The molecule has 0 aliphatic carbocycles. The van der Waals surface area contributed by atoms with Gasteiger partial charge in [-0.05, 0) is 39.0 Å². The average Bonchev–Trinajstić information content (AvgIpc) is 2.22. The minimum absolute atomic E-state index is 0.149. The highest BCUT2D eigenvalue weighted by Crippen LogP contribution is 2.25. The fraction of sp³-hybridized carbons (Fsp3) is 0.538. The number of alkyl halides is 3. The van der Waals surface area contributed by atoms with Crippen molar-refractivity contribution < 1.29 is 17.9 Å². The summed E-state index contributed by atoms with van der Waals surface area (Å²) >= 11 is 5.85. The van der Waals surface area contributed by atoms with Crippen LogP contribution >= 0.6 is 11.6 Å². The molecule has 1 N–H and O–H groups in total. The second kappa shape index (κ2) is 6.01. The number of ether oxygens (including phenoxy) is 1. The molecule has 0 spiro atoms. The Hall–Kier alpha value is -0.940. The first kappa shape index (κ1) is 16.1. The van der Waals surface area contributed by atoms with E-state index >= 15 is 0 Å². The molecule has 1 rings (SSSR count). The number of nitrogens with one attached hydrogen (secondary N) is 1. The molecule has 0 saturated carbocycles. The molecular weight excluding hydrogens is 279 g/mol. The Labute approximate surface area is 115 Å². The normalized spacial score (nSPS) is 12.6. The Balaban J connectivity index is 2.80. The Bertz CT molecular complexity index is 427. The van der Waals surface area contributed by atoms with E-state index in [-0.39, 0.29) is 11.3 Å². The Morgan fingerprint density at radius 3 is 2.37 bits per heavy atom. The minimum Gasteiger partial charge on any atom is -0.484 e. The highest BCUT2D eigenvalue weighted by atomic mass is 35.5. The maximum Gasteiger partial charge on any atom is 0.422 e. The molecule has 0 bridgehead atoms. The first-order valence-corrected chi connectivity index (χ1v) is 6.18. The maximum absolute atomic E-state index is 12.2. The predicted molar refractivity (Wildman–Crippen MR) is 69.6 cm³/mol.